The predicted molar refractivity (Wildman–Crippen MR) is 73.7 cm³/mol. The molecular weight excluding hydrogens is 236 g/mol. The molecule has 0 saturated heterocycles. The summed E-state index contributed by atoms with van der Waals surface area (Å²) in [6.45, 7) is 0.656. The van der Waals surface area contributed by atoms with Gasteiger partial charge in [0.2, 0.25) is 5.91 Å². The van der Waals surface area contributed by atoms with Crippen LogP contribution < -0.4 is 5.73 Å². The van der Waals surface area contributed by atoms with E-state index < -0.39 is 0 Å². The minimum absolute atomic E-state index is 0.0287. The van der Waals surface area contributed by atoms with Gasteiger partial charge in [-0.3, -0.25) is 4.79 Å². The van der Waals surface area contributed by atoms with E-state index in [0.29, 0.717) is 12.5 Å². The molecule has 4 fully saturated rings. The summed E-state index contributed by atoms with van der Waals surface area (Å²) in [5.41, 5.74) is 6.48. The third-order valence-electron chi connectivity index (χ3n) is 5.72. The van der Waals surface area contributed by atoms with Crippen LogP contribution in [0.1, 0.15) is 38.5 Å². The first kappa shape index (κ1) is 11.6. The first-order valence-electron chi connectivity index (χ1n) is 7.59. The maximum absolute atomic E-state index is 13.0. The number of amides is 1. The highest BCUT2D eigenvalue weighted by molar-refractivity contribution is 5.84. The zero-order chi connectivity index (χ0) is 13.0. The maximum Gasteiger partial charge on any atom is 0.233 e. The Bertz CT molecular complexity index is 442. The van der Waals surface area contributed by atoms with E-state index in [2.05, 4.69) is 0 Å². The van der Waals surface area contributed by atoms with Gasteiger partial charge in [0.1, 0.15) is 0 Å². The zero-order valence-corrected chi connectivity index (χ0v) is 11.3. The summed E-state index contributed by atoms with van der Waals surface area (Å²) in [6.07, 6.45) is 13.3. The van der Waals surface area contributed by atoms with Crippen molar-refractivity contribution in [3.8, 4) is 0 Å². The fraction of sp³-hybridized carbons (Fsp3) is 0.688. The molecule has 19 heavy (non-hydrogen) atoms. The molecule has 1 aliphatic heterocycles. The molecule has 0 atom stereocenters. The average Bonchev–Trinajstić information content (AvgIpc) is 2.37. The molecule has 5 rings (SSSR count). The van der Waals surface area contributed by atoms with E-state index in [1.807, 2.05) is 23.3 Å². The van der Waals surface area contributed by atoms with Crippen molar-refractivity contribution in [3.63, 3.8) is 0 Å². The second-order valence-electron chi connectivity index (χ2n) is 7.18. The van der Waals surface area contributed by atoms with Crippen molar-refractivity contribution < 1.29 is 4.79 Å². The molecule has 4 bridgehead atoms. The lowest BCUT2D eigenvalue weighted by atomic mass is 9.49. The van der Waals surface area contributed by atoms with E-state index in [9.17, 15) is 4.79 Å². The Labute approximate surface area is 114 Å². The van der Waals surface area contributed by atoms with E-state index in [1.54, 1.807) is 0 Å². The van der Waals surface area contributed by atoms with Crippen LogP contribution in [0.5, 0.6) is 0 Å². The Morgan fingerprint density at radius 3 is 2.21 bits per heavy atom. The first-order valence-corrected chi connectivity index (χ1v) is 7.59. The topological polar surface area (TPSA) is 46.3 Å². The molecule has 5 aliphatic rings. The van der Waals surface area contributed by atoms with Crippen molar-refractivity contribution in [3.05, 3.63) is 24.0 Å². The molecule has 4 aliphatic carbocycles. The number of rotatable bonds is 1. The van der Waals surface area contributed by atoms with Crippen LogP contribution in [0.15, 0.2) is 24.0 Å². The van der Waals surface area contributed by atoms with Gasteiger partial charge >= 0.3 is 0 Å². The molecule has 0 spiro atoms. The van der Waals surface area contributed by atoms with Gasteiger partial charge in [-0.15, -0.1) is 0 Å². The summed E-state index contributed by atoms with van der Waals surface area (Å²) in [7, 11) is 0. The van der Waals surface area contributed by atoms with E-state index in [0.717, 1.165) is 42.7 Å². The highest BCUT2D eigenvalue weighted by Gasteiger charge is 2.55. The first-order chi connectivity index (χ1) is 9.14. The van der Waals surface area contributed by atoms with E-state index in [-0.39, 0.29) is 5.41 Å². The molecular formula is C16H22N2O. The molecule has 2 N–H and O–H groups in total. The molecule has 102 valence electrons. The molecule has 1 heterocycles. The van der Waals surface area contributed by atoms with Crippen molar-refractivity contribution in [2.45, 2.75) is 38.5 Å². The minimum atomic E-state index is -0.0287. The number of hydrogen-bond acceptors (Lipinski definition) is 2. The number of carbonyl (C=O) groups excluding carboxylic acids is 1. The highest BCUT2D eigenvalue weighted by atomic mass is 16.2. The van der Waals surface area contributed by atoms with Crippen LogP contribution in [-0.4, -0.2) is 17.4 Å². The second-order valence-corrected chi connectivity index (χ2v) is 7.18. The van der Waals surface area contributed by atoms with Crippen molar-refractivity contribution in [2.75, 3.05) is 6.54 Å². The highest BCUT2D eigenvalue weighted by Crippen LogP contribution is 2.60. The summed E-state index contributed by atoms with van der Waals surface area (Å²) < 4.78 is 0. The zero-order valence-electron chi connectivity index (χ0n) is 11.3. The monoisotopic (exact) mass is 258 g/mol. The second kappa shape index (κ2) is 3.87. The molecule has 0 aromatic heterocycles. The predicted octanol–water partition coefficient (Wildman–Crippen LogP) is 2.40. The molecule has 3 nitrogen and oxygen atoms in total. The summed E-state index contributed by atoms with van der Waals surface area (Å²) in [6, 6.07) is 0. The summed E-state index contributed by atoms with van der Waals surface area (Å²) in [5, 5.41) is 0. The minimum Gasteiger partial charge on any atom is -0.399 e. The summed E-state index contributed by atoms with van der Waals surface area (Å²) >= 11 is 0. The lowest BCUT2D eigenvalue weighted by Crippen LogP contribution is -2.53. The van der Waals surface area contributed by atoms with Gasteiger partial charge in [-0.05, 0) is 68.4 Å². The van der Waals surface area contributed by atoms with Gasteiger partial charge in [-0.1, -0.05) is 0 Å². The molecule has 0 radical (unpaired) electrons. The van der Waals surface area contributed by atoms with Crippen molar-refractivity contribution in [1.82, 2.24) is 4.90 Å². The van der Waals surface area contributed by atoms with Crippen LogP contribution in [0, 0.1) is 23.2 Å². The Balaban J connectivity index is 1.58. The Hall–Kier alpha value is -1.25. The Kier molecular flexibility index (Phi) is 2.36. The smallest absolute Gasteiger partial charge is 0.233 e. The Morgan fingerprint density at radius 2 is 1.74 bits per heavy atom. The number of carbonyl (C=O) groups is 1. The van der Waals surface area contributed by atoms with Crippen LogP contribution in [0.4, 0.5) is 0 Å². The third kappa shape index (κ3) is 1.74. The van der Waals surface area contributed by atoms with Gasteiger partial charge in [0, 0.05) is 18.4 Å². The van der Waals surface area contributed by atoms with Crippen molar-refractivity contribution >= 4 is 5.91 Å². The summed E-state index contributed by atoms with van der Waals surface area (Å²) in [5.74, 6) is 2.84. The Morgan fingerprint density at radius 1 is 1.16 bits per heavy atom. The number of nitrogens with two attached hydrogens (primary N) is 1. The van der Waals surface area contributed by atoms with Crippen LogP contribution in [0.3, 0.4) is 0 Å². The van der Waals surface area contributed by atoms with Gasteiger partial charge in [-0.25, -0.2) is 0 Å². The van der Waals surface area contributed by atoms with E-state index in [4.69, 9.17) is 5.73 Å². The molecule has 1 amide bonds. The van der Waals surface area contributed by atoms with Crippen LogP contribution in [0.2, 0.25) is 0 Å². The number of allylic oxidation sites excluding steroid dienone is 1. The lowest BCUT2D eigenvalue weighted by Gasteiger charge is -2.56. The standard InChI is InChI=1S/C16H22N2O/c17-14-1-3-18(4-2-14)15(19)16-8-11-5-12(9-16)7-13(6-11)10-16/h1-3,11-13H,4-10,17H2. The molecule has 0 aromatic carbocycles. The van der Waals surface area contributed by atoms with Gasteiger partial charge < -0.3 is 10.6 Å². The maximum atomic E-state index is 13.0. The molecule has 0 aromatic rings. The normalized spacial score (nSPS) is 43.5. The number of hydrogen-bond donors (Lipinski definition) is 1. The van der Waals surface area contributed by atoms with Crippen LogP contribution >= 0.6 is 0 Å². The van der Waals surface area contributed by atoms with Gasteiger partial charge in [0.25, 0.3) is 0 Å². The van der Waals surface area contributed by atoms with Gasteiger partial charge in [0.05, 0.1) is 5.41 Å². The van der Waals surface area contributed by atoms with Crippen molar-refractivity contribution in [2.24, 2.45) is 28.9 Å². The number of nitrogens with zero attached hydrogens (tertiary/aromatic N) is 1. The fourth-order valence-corrected chi connectivity index (χ4v) is 5.34. The third-order valence-corrected chi connectivity index (χ3v) is 5.72. The van der Waals surface area contributed by atoms with E-state index in [1.165, 1.54) is 19.3 Å². The quantitative estimate of drug-likeness (QED) is 0.785. The fourth-order valence-electron chi connectivity index (χ4n) is 5.34. The largest absolute Gasteiger partial charge is 0.399 e. The average molecular weight is 258 g/mol. The van der Waals surface area contributed by atoms with Gasteiger partial charge in [-0.2, -0.15) is 0 Å². The molecule has 0 unspecified atom stereocenters. The summed E-state index contributed by atoms with van der Waals surface area (Å²) in [4.78, 5) is 14.9. The molecule has 3 heteroatoms. The SMILES string of the molecule is NC1=CCN(C(=O)C23CC4CC(CC(C4)C2)C3)C=C1. The van der Waals surface area contributed by atoms with Crippen molar-refractivity contribution in [1.29, 1.82) is 0 Å². The van der Waals surface area contributed by atoms with Gasteiger partial charge in [0.15, 0.2) is 0 Å². The lowest BCUT2D eigenvalue weighted by molar-refractivity contribution is -0.154. The van der Waals surface area contributed by atoms with Crippen LogP contribution in [0.25, 0.3) is 0 Å². The molecule has 4 saturated carbocycles. The van der Waals surface area contributed by atoms with Crippen LogP contribution in [-0.2, 0) is 4.79 Å². The van der Waals surface area contributed by atoms with E-state index >= 15 is 0 Å².